The fourth-order valence-electron chi connectivity index (χ4n) is 3.79. The highest BCUT2D eigenvalue weighted by Crippen LogP contribution is 2.34. The van der Waals surface area contributed by atoms with E-state index in [0.717, 1.165) is 30.8 Å². The minimum absolute atomic E-state index is 0.251. The van der Waals surface area contributed by atoms with E-state index in [1.54, 1.807) is 10.9 Å². The zero-order valence-corrected chi connectivity index (χ0v) is 15.7. The molecule has 7 heteroatoms. The number of carboxylic acid groups (broad SMARTS) is 1. The molecule has 1 aromatic carbocycles. The maximum absolute atomic E-state index is 11.4. The fourth-order valence-corrected chi connectivity index (χ4v) is 3.79. The number of aromatic carboxylic acids is 1. The van der Waals surface area contributed by atoms with Gasteiger partial charge in [0.1, 0.15) is 0 Å². The Morgan fingerprint density at radius 3 is 3.00 bits per heavy atom. The van der Waals surface area contributed by atoms with Crippen LogP contribution >= 0.6 is 0 Å². The van der Waals surface area contributed by atoms with Crippen LogP contribution in [0.25, 0.3) is 0 Å². The molecule has 1 atom stereocenters. The van der Waals surface area contributed by atoms with Crippen LogP contribution < -0.4 is 10.6 Å². The highest BCUT2D eigenvalue weighted by atomic mass is 16.4. The first-order valence-corrected chi connectivity index (χ1v) is 9.41. The highest BCUT2D eigenvalue weighted by molar-refractivity contribution is 5.93. The number of nitrogens with zero attached hydrogens (tertiary/aromatic N) is 3. The SMILES string of the molecule is Cn1ccc(Nc2ccc3c(c2)CCC[C@H]3CNc2cnccc2C(=O)O)n1. The molecule has 1 aliphatic carbocycles. The van der Waals surface area contributed by atoms with Crippen molar-refractivity contribution in [3.05, 3.63) is 65.6 Å². The summed E-state index contributed by atoms with van der Waals surface area (Å²) in [5.41, 5.74) is 4.51. The Morgan fingerprint density at radius 1 is 1.32 bits per heavy atom. The number of hydrogen-bond donors (Lipinski definition) is 3. The molecule has 0 bridgehead atoms. The lowest BCUT2D eigenvalue weighted by molar-refractivity contribution is 0.0698. The number of pyridine rings is 1. The Morgan fingerprint density at radius 2 is 2.21 bits per heavy atom. The number of rotatable bonds is 6. The molecular formula is C21H23N5O2. The third kappa shape index (κ3) is 3.83. The van der Waals surface area contributed by atoms with Crippen molar-refractivity contribution in [2.24, 2.45) is 7.05 Å². The van der Waals surface area contributed by atoms with Gasteiger partial charge in [0, 0.05) is 43.7 Å². The molecule has 0 amide bonds. The van der Waals surface area contributed by atoms with E-state index in [2.05, 4.69) is 38.9 Å². The highest BCUT2D eigenvalue weighted by Gasteiger charge is 2.21. The van der Waals surface area contributed by atoms with Crippen molar-refractivity contribution in [1.29, 1.82) is 0 Å². The molecule has 144 valence electrons. The third-order valence-electron chi connectivity index (χ3n) is 5.16. The largest absolute Gasteiger partial charge is 0.478 e. The average Bonchev–Trinajstić information content (AvgIpc) is 3.10. The van der Waals surface area contributed by atoms with Crippen LogP contribution in [0.15, 0.2) is 48.9 Å². The molecule has 0 aliphatic heterocycles. The molecule has 3 N–H and O–H groups in total. The van der Waals surface area contributed by atoms with Gasteiger partial charge >= 0.3 is 5.97 Å². The maximum Gasteiger partial charge on any atom is 0.337 e. The maximum atomic E-state index is 11.4. The Hall–Kier alpha value is -3.35. The number of carbonyl (C=O) groups is 1. The van der Waals surface area contributed by atoms with Gasteiger partial charge in [0.15, 0.2) is 5.82 Å². The van der Waals surface area contributed by atoms with Crippen molar-refractivity contribution >= 4 is 23.2 Å². The van der Waals surface area contributed by atoms with Gasteiger partial charge in [-0.15, -0.1) is 0 Å². The lowest BCUT2D eigenvalue weighted by Crippen LogP contribution is -2.19. The van der Waals surface area contributed by atoms with Crippen molar-refractivity contribution in [2.45, 2.75) is 25.2 Å². The second kappa shape index (κ2) is 7.72. The van der Waals surface area contributed by atoms with Gasteiger partial charge in [-0.1, -0.05) is 6.07 Å². The van der Waals surface area contributed by atoms with Crippen molar-refractivity contribution in [3.8, 4) is 0 Å². The molecule has 2 aromatic heterocycles. The number of hydrogen-bond acceptors (Lipinski definition) is 5. The summed E-state index contributed by atoms with van der Waals surface area (Å²) >= 11 is 0. The first-order chi connectivity index (χ1) is 13.6. The van der Waals surface area contributed by atoms with Gasteiger partial charge in [-0.05, 0) is 48.6 Å². The Kier molecular flexibility index (Phi) is 4.97. The number of nitrogens with one attached hydrogen (secondary N) is 2. The van der Waals surface area contributed by atoms with Crippen molar-refractivity contribution < 1.29 is 9.90 Å². The molecule has 0 fully saturated rings. The first-order valence-electron chi connectivity index (χ1n) is 9.41. The van der Waals surface area contributed by atoms with Crippen LogP contribution in [-0.2, 0) is 13.5 Å². The van der Waals surface area contributed by atoms with E-state index in [-0.39, 0.29) is 5.56 Å². The first kappa shape index (κ1) is 18.0. The van der Waals surface area contributed by atoms with E-state index in [4.69, 9.17) is 0 Å². The number of aromatic nitrogens is 3. The molecule has 1 aliphatic rings. The van der Waals surface area contributed by atoms with Gasteiger partial charge in [0.05, 0.1) is 17.4 Å². The lowest BCUT2D eigenvalue weighted by atomic mass is 9.82. The molecule has 28 heavy (non-hydrogen) atoms. The fraction of sp³-hybridized carbons (Fsp3) is 0.286. The number of anilines is 3. The molecule has 0 saturated carbocycles. The summed E-state index contributed by atoms with van der Waals surface area (Å²) in [6.45, 7) is 0.686. The van der Waals surface area contributed by atoms with E-state index < -0.39 is 5.97 Å². The molecule has 0 spiro atoms. The van der Waals surface area contributed by atoms with Gasteiger partial charge in [0.2, 0.25) is 0 Å². The van der Waals surface area contributed by atoms with Crippen molar-refractivity contribution in [1.82, 2.24) is 14.8 Å². The number of aryl methyl sites for hydroxylation is 2. The van der Waals surface area contributed by atoms with Crippen LogP contribution in [0.5, 0.6) is 0 Å². The van der Waals surface area contributed by atoms with Gasteiger partial charge in [-0.25, -0.2) is 4.79 Å². The Labute approximate surface area is 163 Å². The molecule has 2 heterocycles. The normalized spacial score (nSPS) is 15.7. The van der Waals surface area contributed by atoms with E-state index in [0.29, 0.717) is 18.2 Å². The second-order valence-electron chi connectivity index (χ2n) is 7.11. The molecule has 0 radical (unpaired) electrons. The second-order valence-corrected chi connectivity index (χ2v) is 7.11. The van der Waals surface area contributed by atoms with Crippen LogP contribution in [-0.4, -0.2) is 32.4 Å². The van der Waals surface area contributed by atoms with E-state index in [1.807, 2.05) is 19.3 Å². The summed E-state index contributed by atoms with van der Waals surface area (Å²) in [4.78, 5) is 15.4. The average molecular weight is 377 g/mol. The number of benzene rings is 1. The standard InChI is InChI=1S/C21H23N5O2/c1-26-10-8-20(25-26)24-16-5-6-17-14(11-16)3-2-4-15(17)12-23-19-13-22-9-7-18(19)21(27)28/h5-11,13,15,23H,2-4,12H2,1H3,(H,24,25)(H,27,28)/t15-/m0/s1. The summed E-state index contributed by atoms with van der Waals surface area (Å²) in [6, 6.07) is 9.92. The van der Waals surface area contributed by atoms with Gasteiger partial charge < -0.3 is 15.7 Å². The molecule has 4 rings (SSSR count). The number of carboxylic acids is 1. The molecule has 3 aromatic rings. The van der Waals surface area contributed by atoms with Crippen LogP contribution in [0.3, 0.4) is 0 Å². The topological polar surface area (TPSA) is 92.1 Å². The quantitative estimate of drug-likeness (QED) is 0.605. The van der Waals surface area contributed by atoms with E-state index in [1.165, 1.54) is 23.4 Å². The molecule has 0 saturated heterocycles. The minimum atomic E-state index is -0.945. The zero-order chi connectivity index (χ0) is 19.5. The smallest absolute Gasteiger partial charge is 0.337 e. The monoisotopic (exact) mass is 377 g/mol. The minimum Gasteiger partial charge on any atom is -0.478 e. The Bertz CT molecular complexity index is 998. The summed E-state index contributed by atoms with van der Waals surface area (Å²) < 4.78 is 1.77. The van der Waals surface area contributed by atoms with Gasteiger partial charge in [-0.2, -0.15) is 5.10 Å². The molecule has 0 unspecified atom stereocenters. The van der Waals surface area contributed by atoms with Crippen LogP contribution in [0.4, 0.5) is 17.2 Å². The Balaban J connectivity index is 1.49. The number of fused-ring (bicyclic) bond motifs is 1. The molecular weight excluding hydrogens is 354 g/mol. The zero-order valence-electron chi connectivity index (χ0n) is 15.7. The predicted octanol–water partition coefficient (Wildman–Crippen LogP) is 3.79. The van der Waals surface area contributed by atoms with E-state index in [9.17, 15) is 9.90 Å². The van der Waals surface area contributed by atoms with Crippen molar-refractivity contribution in [3.63, 3.8) is 0 Å². The van der Waals surface area contributed by atoms with Gasteiger partial charge in [0.25, 0.3) is 0 Å². The van der Waals surface area contributed by atoms with Crippen molar-refractivity contribution in [2.75, 3.05) is 17.2 Å². The predicted molar refractivity (Wildman–Crippen MR) is 108 cm³/mol. The summed E-state index contributed by atoms with van der Waals surface area (Å²) in [5, 5.41) is 20.3. The van der Waals surface area contributed by atoms with Crippen LogP contribution in [0.1, 0.15) is 40.2 Å². The van der Waals surface area contributed by atoms with Crippen LogP contribution in [0.2, 0.25) is 0 Å². The summed E-state index contributed by atoms with van der Waals surface area (Å²) in [5.74, 6) is 0.225. The third-order valence-corrected chi connectivity index (χ3v) is 5.16. The lowest BCUT2D eigenvalue weighted by Gasteiger charge is -2.27. The van der Waals surface area contributed by atoms with E-state index >= 15 is 0 Å². The summed E-state index contributed by atoms with van der Waals surface area (Å²) in [7, 11) is 1.90. The molecule has 7 nitrogen and oxygen atoms in total. The summed E-state index contributed by atoms with van der Waals surface area (Å²) in [6.07, 6.45) is 8.23. The van der Waals surface area contributed by atoms with Crippen LogP contribution in [0, 0.1) is 0 Å². The van der Waals surface area contributed by atoms with Gasteiger partial charge in [-0.3, -0.25) is 9.67 Å².